The van der Waals surface area contributed by atoms with Gasteiger partial charge < -0.3 is 15.3 Å². The lowest BCUT2D eigenvalue weighted by Gasteiger charge is -2.29. The van der Waals surface area contributed by atoms with E-state index in [0.29, 0.717) is 29.3 Å². The number of piperidine rings is 1. The van der Waals surface area contributed by atoms with E-state index in [9.17, 15) is 9.90 Å². The van der Waals surface area contributed by atoms with E-state index in [1.165, 1.54) is 34.9 Å². The molecule has 1 aliphatic rings. The van der Waals surface area contributed by atoms with Crippen LogP contribution >= 0.6 is 0 Å². The molecular weight excluding hydrogens is 450 g/mol. The second-order valence-electron chi connectivity index (χ2n) is 10.0. The van der Waals surface area contributed by atoms with Crippen LogP contribution in [0.1, 0.15) is 36.0 Å². The second kappa shape index (κ2) is 10.2. The van der Waals surface area contributed by atoms with Crippen LogP contribution in [0.25, 0.3) is 27.8 Å². The van der Waals surface area contributed by atoms with Crippen LogP contribution in [0.3, 0.4) is 0 Å². The van der Waals surface area contributed by atoms with E-state index in [-0.39, 0.29) is 11.3 Å². The van der Waals surface area contributed by atoms with Crippen molar-refractivity contribution in [2.75, 3.05) is 20.1 Å². The summed E-state index contributed by atoms with van der Waals surface area (Å²) in [6.07, 6.45) is 6.98. The standard InChI is InChI=1S/C29H33N5O2/c1-19-11-20(2)13-21(12-19)25-15-31-28-27(26(25)17-33(3)16-22-7-4-5-10-30-22)29(36)34(18-32-28)23-8-6-9-24(35)14-23/h6,8-9,11-15,18,22,30,35H,4-5,7,10,16-17H2,1-3H3. The van der Waals surface area contributed by atoms with Gasteiger partial charge in [-0.25, -0.2) is 9.97 Å². The summed E-state index contributed by atoms with van der Waals surface area (Å²) in [4.78, 5) is 25.4. The van der Waals surface area contributed by atoms with Crippen molar-refractivity contribution in [1.29, 1.82) is 0 Å². The maximum absolute atomic E-state index is 13.9. The first kappa shape index (κ1) is 24.2. The van der Waals surface area contributed by atoms with Crippen molar-refractivity contribution in [3.05, 3.63) is 82.0 Å². The Morgan fingerprint density at radius 1 is 1.11 bits per heavy atom. The van der Waals surface area contributed by atoms with Crippen LogP contribution in [0.5, 0.6) is 5.75 Å². The molecule has 1 unspecified atom stereocenters. The number of pyridine rings is 1. The number of hydrogen-bond acceptors (Lipinski definition) is 6. The fourth-order valence-corrected chi connectivity index (χ4v) is 5.31. The highest BCUT2D eigenvalue weighted by molar-refractivity contribution is 5.86. The Morgan fingerprint density at radius 3 is 2.64 bits per heavy atom. The highest BCUT2D eigenvalue weighted by Gasteiger charge is 2.21. The van der Waals surface area contributed by atoms with E-state index in [1.54, 1.807) is 24.3 Å². The average Bonchev–Trinajstić information content (AvgIpc) is 2.84. The number of aryl methyl sites for hydroxylation is 2. The third kappa shape index (κ3) is 5.03. The molecule has 0 spiro atoms. The number of nitrogens with one attached hydrogen (secondary N) is 1. The zero-order valence-corrected chi connectivity index (χ0v) is 21.2. The number of aromatic nitrogens is 3. The quantitative estimate of drug-likeness (QED) is 0.424. The minimum atomic E-state index is -0.191. The van der Waals surface area contributed by atoms with Crippen LogP contribution in [-0.2, 0) is 6.54 Å². The zero-order chi connectivity index (χ0) is 25.2. The number of benzene rings is 2. The zero-order valence-electron chi connectivity index (χ0n) is 21.2. The van der Waals surface area contributed by atoms with Gasteiger partial charge in [0.2, 0.25) is 0 Å². The maximum atomic E-state index is 13.9. The molecule has 1 aliphatic heterocycles. The number of likely N-dealkylation sites (N-methyl/N-ethyl adjacent to an activating group) is 1. The summed E-state index contributed by atoms with van der Waals surface area (Å²) >= 11 is 0. The number of hydrogen-bond donors (Lipinski definition) is 2. The largest absolute Gasteiger partial charge is 0.508 e. The number of nitrogens with zero attached hydrogens (tertiary/aromatic N) is 4. The molecule has 3 heterocycles. The van der Waals surface area contributed by atoms with Crippen molar-refractivity contribution in [3.63, 3.8) is 0 Å². The Balaban J connectivity index is 1.67. The van der Waals surface area contributed by atoms with Gasteiger partial charge in [0.25, 0.3) is 5.56 Å². The molecule has 0 radical (unpaired) electrons. The minimum absolute atomic E-state index is 0.0987. The van der Waals surface area contributed by atoms with Crippen molar-refractivity contribution < 1.29 is 5.11 Å². The molecule has 0 bridgehead atoms. The predicted octanol–water partition coefficient (Wildman–Crippen LogP) is 4.34. The van der Waals surface area contributed by atoms with Crippen molar-refractivity contribution >= 4 is 11.0 Å². The lowest BCUT2D eigenvalue weighted by Crippen LogP contribution is -2.42. The van der Waals surface area contributed by atoms with Crippen molar-refractivity contribution in [1.82, 2.24) is 24.8 Å². The molecule has 0 saturated carbocycles. The summed E-state index contributed by atoms with van der Waals surface area (Å²) in [5.41, 5.74) is 6.07. The number of phenols is 1. The Hall–Kier alpha value is -3.55. The highest BCUT2D eigenvalue weighted by Crippen LogP contribution is 2.30. The normalized spacial score (nSPS) is 16.1. The van der Waals surface area contributed by atoms with Crippen molar-refractivity contribution in [2.24, 2.45) is 0 Å². The first-order valence-corrected chi connectivity index (χ1v) is 12.6. The predicted molar refractivity (Wildman–Crippen MR) is 144 cm³/mol. The van der Waals surface area contributed by atoms with E-state index in [1.807, 2.05) is 6.20 Å². The number of fused-ring (bicyclic) bond motifs is 1. The lowest BCUT2D eigenvalue weighted by molar-refractivity contribution is 0.257. The highest BCUT2D eigenvalue weighted by atomic mass is 16.3. The number of phenolic OH excluding ortho intramolecular Hbond substituents is 1. The van der Waals surface area contributed by atoms with Crippen molar-refractivity contribution in [2.45, 2.75) is 45.7 Å². The average molecular weight is 484 g/mol. The number of aromatic hydroxyl groups is 1. The molecular formula is C29H33N5O2. The first-order valence-electron chi connectivity index (χ1n) is 12.6. The smallest absolute Gasteiger partial charge is 0.267 e. The van der Waals surface area contributed by atoms with E-state index >= 15 is 0 Å². The second-order valence-corrected chi connectivity index (χ2v) is 10.0. The molecule has 2 N–H and O–H groups in total. The molecule has 0 amide bonds. The van der Waals surface area contributed by atoms with Crippen molar-refractivity contribution in [3.8, 4) is 22.6 Å². The van der Waals surface area contributed by atoms with Crippen LogP contribution in [0.15, 0.2) is 59.8 Å². The molecule has 2 aromatic heterocycles. The van der Waals surface area contributed by atoms with Gasteiger partial charge >= 0.3 is 0 Å². The molecule has 1 atom stereocenters. The van der Waals surface area contributed by atoms with Crippen LogP contribution in [0.4, 0.5) is 0 Å². The molecule has 7 heteroatoms. The molecule has 7 nitrogen and oxygen atoms in total. The van der Waals surface area contributed by atoms with Gasteiger partial charge in [0.15, 0.2) is 5.65 Å². The summed E-state index contributed by atoms with van der Waals surface area (Å²) in [7, 11) is 2.11. The van der Waals surface area contributed by atoms with Gasteiger partial charge in [-0.3, -0.25) is 9.36 Å². The Labute approximate surface area is 211 Å². The van der Waals surface area contributed by atoms with E-state index in [4.69, 9.17) is 0 Å². The first-order chi connectivity index (χ1) is 17.4. The van der Waals surface area contributed by atoms with Gasteiger partial charge in [-0.15, -0.1) is 0 Å². The number of rotatable bonds is 6. The molecule has 1 saturated heterocycles. The third-order valence-electron chi connectivity index (χ3n) is 6.91. The summed E-state index contributed by atoms with van der Waals surface area (Å²) in [6, 6.07) is 13.5. The van der Waals surface area contributed by atoms with Crippen LogP contribution in [0.2, 0.25) is 0 Å². The molecule has 4 aromatic rings. The SMILES string of the molecule is Cc1cc(C)cc(-c2cnc3ncn(-c4cccc(O)c4)c(=O)c3c2CN(C)CC2CCCCN2)c1. The van der Waals surface area contributed by atoms with Gasteiger partial charge in [-0.2, -0.15) is 0 Å². The van der Waals surface area contributed by atoms with Gasteiger partial charge in [-0.05, 0) is 63.5 Å². The maximum Gasteiger partial charge on any atom is 0.267 e. The minimum Gasteiger partial charge on any atom is -0.508 e. The summed E-state index contributed by atoms with van der Waals surface area (Å²) in [6.45, 7) is 6.73. The van der Waals surface area contributed by atoms with Gasteiger partial charge in [0.05, 0.1) is 11.1 Å². The van der Waals surface area contributed by atoms with Gasteiger partial charge in [-0.1, -0.05) is 41.8 Å². The van der Waals surface area contributed by atoms with Gasteiger partial charge in [0, 0.05) is 37.0 Å². The summed E-state index contributed by atoms with van der Waals surface area (Å²) in [5, 5.41) is 14.1. The monoisotopic (exact) mass is 483 g/mol. The van der Waals surface area contributed by atoms with Crippen LogP contribution < -0.4 is 10.9 Å². The molecule has 1 fully saturated rings. The van der Waals surface area contributed by atoms with Crippen LogP contribution in [-0.4, -0.2) is 50.7 Å². The lowest BCUT2D eigenvalue weighted by atomic mass is 9.96. The summed E-state index contributed by atoms with van der Waals surface area (Å²) in [5.74, 6) is 0.0987. The van der Waals surface area contributed by atoms with Crippen LogP contribution in [0, 0.1) is 13.8 Å². The Kier molecular flexibility index (Phi) is 6.85. The fourth-order valence-electron chi connectivity index (χ4n) is 5.31. The molecule has 5 rings (SSSR count). The molecule has 186 valence electrons. The van der Waals surface area contributed by atoms with E-state index in [2.05, 4.69) is 59.3 Å². The Bertz CT molecular complexity index is 1440. The topological polar surface area (TPSA) is 83.3 Å². The molecule has 0 aliphatic carbocycles. The molecule has 2 aromatic carbocycles. The summed E-state index contributed by atoms with van der Waals surface area (Å²) < 4.78 is 1.49. The molecule has 36 heavy (non-hydrogen) atoms. The third-order valence-corrected chi connectivity index (χ3v) is 6.91. The Morgan fingerprint density at radius 2 is 1.92 bits per heavy atom. The van der Waals surface area contributed by atoms with E-state index < -0.39 is 0 Å². The fraction of sp³-hybridized carbons (Fsp3) is 0.345. The van der Waals surface area contributed by atoms with E-state index in [0.717, 1.165) is 36.2 Å². The van der Waals surface area contributed by atoms with Gasteiger partial charge in [0.1, 0.15) is 12.1 Å².